The molecule has 0 spiro atoms. The maximum Gasteiger partial charge on any atom is 0.154 e. The quantitative estimate of drug-likeness (QED) is 0.684. The van der Waals surface area contributed by atoms with Gasteiger partial charge in [0.15, 0.2) is 5.84 Å². The largest absolute Gasteiger partial charge is 0.266 e. The van der Waals surface area contributed by atoms with E-state index in [1.165, 1.54) is 24.1 Å². The van der Waals surface area contributed by atoms with Gasteiger partial charge < -0.3 is 0 Å². The molecule has 0 atom stereocenters. The third-order valence-corrected chi connectivity index (χ3v) is 2.81. The second-order valence-corrected chi connectivity index (χ2v) is 4.38. The van der Waals surface area contributed by atoms with Crippen molar-refractivity contribution in [2.24, 2.45) is 9.98 Å². The number of benzene rings is 1. The maximum absolute atomic E-state index is 4.60. The average Bonchev–Trinajstić information content (AvgIpc) is 2.24. The lowest BCUT2D eigenvalue weighted by molar-refractivity contribution is 0.766. The summed E-state index contributed by atoms with van der Waals surface area (Å²) < 4.78 is 0. The number of hydrogen-bond acceptors (Lipinski definition) is 2. The van der Waals surface area contributed by atoms with Crippen molar-refractivity contribution in [2.75, 3.05) is 6.54 Å². The van der Waals surface area contributed by atoms with Crippen LogP contribution in [0.2, 0.25) is 0 Å². The summed E-state index contributed by atoms with van der Waals surface area (Å²) in [7, 11) is 0. The summed E-state index contributed by atoms with van der Waals surface area (Å²) in [6.45, 7) is 5.09. The van der Waals surface area contributed by atoms with Gasteiger partial charge in [-0.15, -0.1) is 0 Å². The molecule has 1 aromatic rings. The molecule has 1 aliphatic rings. The summed E-state index contributed by atoms with van der Waals surface area (Å²) in [5.41, 5.74) is 3.60. The van der Waals surface area contributed by atoms with E-state index in [0.717, 1.165) is 24.4 Å². The van der Waals surface area contributed by atoms with Crippen molar-refractivity contribution in [3.8, 4) is 0 Å². The van der Waals surface area contributed by atoms with Crippen LogP contribution in [-0.2, 0) is 0 Å². The van der Waals surface area contributed by atoms with Crippen molar-refractivity contribution in [1.82, 2.24) is 0 Å². The molecule has 0 bridgehead atoms. The molecular formula is C14H18N2. The van der Waals surface area contributed by atoms with Gasteiger partial charge in [-0.2, -0.15) is 0 Å². The summed E-state index contributed by atoms with van der Waals surface area (Å²) in [6.07, 6.45) is 3.48. The predicted octanol–water partition coefficient (Wildman–Crippen LogP) is 3.39. The number of amidine groups is 1. The average molecular weight is 214 g/mol. The lowest BCUT2D eigenvalue weighted by atomic mass is 10.1. The fourth-order valence-electron chi connectivity index (χ4n) is 1.81. The molecule has 16 heavy (non-hydrogen) atoms. The zero-order valence-electron chi connectivity index (χ0n) is 10.0. The Morgan fingerprint density at radius 2 is 1.75 bits per heavy atom. The Bertz CT molecular complexity index is 413. The SMILES string of the molecule is CC1=NC(c2ccc(C)cc2)=NCCCC1. The Labute approximate surface area is 97.1 Å². The van der Waals surface area contributed by atoms with E-state index in [2.05, 4.69) is 48.1 Å². The molecule has 84 valence electrons. The van der Waals surface area contributed by atoms with Gasteiger partial charge in [0.05, 0.1) is 0 Å². The van der Waals surface area contributed by atoms with Crippen LogP contribution in [0.25, 0.3) is 0 Å². The summed E-state index contributed by atoms with van der Waals surface area (Å²) >= 11 is 0. The molecule has 1 aliphatic heterocycles. The summed E-state index contributed by atoms with van der Waals surface area (Å²) in [6, 6.07) is 8.43. The first-order valence-electron chi connectivity index (χ1n) is 5.91. The second kappa shape index (κ2) is 5.06. The molecule has 0 saturated heterocycles. The molecule has 0 aromatic heterocycles. The highest BCUT2D eigenvalue weighted by atomic mass is 14.9. The van der Waals surface area contributed by atoms with E-state index in [-0.39, 0.29) is 0 Å². The van der Waals surface area contributed by atoms with E-state index in [1.54, 1.807) is 0 Å². The zero-order valence-corrected chi connectivity index (χ0v) is 10.0. The Morgan fingerprint density at radius 1 is 1.00 bits per heavy atom. The monoisotopic (exact) mass is 214 g/mol. The summed E-state index contributed by atoms with van der Waals surface area (Å²) in [5.74, 6) is 0.900. The number of aliphatic imine (C=N–C) groups is 2. The van der Waals surface area contributed by atoms with Crippen LogP contribution in [0, 0.1) is 6.92 Å². The lowest BCUT2D eigenvalue weighted by Gasteiger charge is -2.08. The van der Waals surface area contributed by atoms with Gasteiger partial charge in [0.25, 0.3) is 0 Å². The molecular weight excluding hydrogens is 196 g/mol. The van der Waals surface area contributed by atoms with Crippen LogP contribution in [-0.4, -0.2) is 18.1 Å². The minimum absolute atomic E-state index is 0.900. The van der Waals surface area contributed by atoms with Crippen molar-refractivity contribution in [3.63, 3.8) is 0 Å². The maximum atomic E-state index is 4.60. The van der Waals surface area contributed by atoms with Crippen LogP contribution in [0.4, 0.5) is 0 Å². The van der Waals surface area contributed by atoms with Gasteiger partial charge in [-0.25, -0.2) is 4.99 Å². The highest BCUT2D eigenvalue weighted by Gasteiger charge is 2.05. The van der Waals surface area contributed by atoms with Crippen LogP contribution < -0.4 is 0 Å². The van der Waals surface area contributed by atoms with Gasteiger partial charge in [-0.3, -0.25) is 4.99 Å². The van der Waals surface area contributed by atoms with Gasteiger partial charge in [0.2, 0.25) is 0 Å². The van der Waals surface area contributed by atoms with Gasteiger partial charge in [0.1, 0.15) is 0 Å². The number of hydrogen-bond donors (Lipinski definition) is 0. The Hall–Kier alpha value is -1.44. The molecule has 0 N–H and O–H groups in total. The zero-order chi connectivity index (χ0) is 11.4. The van der Waals surface area contributed by atoms with Gasteiger partial charge in [-0.05, 0) is 33.1 Å². The minimum Gasteiger partial charge on any atom is -0.266 e. The molecule has 0 saturated carbocycles. The van der Waals surface area contributed by atoms with E-state index in [9.17, 15) is 0 Å². The molecule has 0 fully saturated rings. The number of rotatable bonds is 1. The van der Waals surface area contributed by atoms with Crippen molar-refractivity contribution < 1.29 is 0 Å². The Kier molecular flexibility index (Phi) is 3.50. The molecule has 0 amide bonds. The van der Waals surface area contributed by atoms with E-state index in [0.29, 0.717) is 0 Å². The molecule has 0 unspecified atom stereocenters. The van der Waals surface area contributed by atoms with Crippen LogP contribution >= 0.6 is 0 Å². The van der Waals surface area contributed by atoms with Crippen molar-refractivity contribution >= 4 is 11.5 Å². The van der Waals surface area contributed by atoms with E-state index in [1.807, 2.05) is 0 Å². The highest BCUT2D eigenvalue weighted by molar-refractivity contribution is 6.06. The van der Waals surface area contributed by atoms with Crippen molar-refractivity contribution in [1.29, 1.82) is 0 Å². The van der Waals surface area contributed by atoms with Crippen LogP contribution in [0.15, 0.2) is 34.3 Å². The van der Waals surface area contributed by atoms with Gasteiger partial charge >= 0.3 is 0 Å². The van der Waals surface area contributed by atoms with Crippen molar-refractivity contribution in [3.05, 3.63) is 35.4 Å². The molecule has 1 heterocycles. The molecule has 2 rings (SSSR count). The molecule has 0 radical (unpaired) electrons. The smallest absolute Gasteiger partial charge is 0.154 e. The fourth-order valence-corrected chi connectivity index (χ4v) is 1.81. The highest BCUT2D eigenvalue weighted by Crippen LogP contribution is 2.10. The van der Waals surface area contributed by atoms with Crippen LogP contribution in [0.1, 0.15) is 37.3 Å². The van der Waals surface area contributed by atoms with E-state index >= 15 is 0 Å². The Morgan fingerprint density at radius 3 is 2.50 bits per heavy atom. The standard InChI is InChI=1S/C14H18N2/c1-11-6-8-13(9-7-11)14-15-10-4-3-5-12(2)16-14/h6-9H,3-5,10H2,1-2H3. The lowest BCUT2D eigenvalue weighted by Crippen LogP contribution is -2.06. The first-order chi connectivity index (χ1) is 7.75. The third kappa shape index (κ3) is 2.78. The van der Waals surface area contributed by atoms with E-state index in [4.69, 9.17) is 0 Å². The molecule has 1 aromatic carbocycles. The summed E-state index contributed by atoms with van der Waals surface area (Å²) in [5, 5.41) is 0. The number of nitrogens with zero attached hydrogens (tertiary/aromatic N) is 2. The molecule has 2 heteroatoms. The number of aryl methyl sites for hydroxylation is 1. The second-order valence-electron chi connectivity index (χ2n) is 4.38. The molecule has 2 nitrogen and oxygen atoms in total. The van der Waals surface area contributed by atoms with Gasteiger partial charge in [0, 0.05) is 17.8 Å². The Balaban J connectivity index is 2.30. The van der Waals surface area contributed by atoms with E-state index < -0.39 is 0 Å². The topological polar surface area (TPSA) is 24.7 Å². The normalized spacial score (nSPS) is 17.1. The third-order valence-electron chi connectivity index (χ3n) is 2.81. The molecule has 0 aliphatic carbocycles. The van der Waals surface area contributed by atoms with Crippen LogP contribution in [0.5, 0.6) is 0 Å². The minimum atomic E-state index is 0.900. The predicted molar refractivity (Wildman–Crippen MR) is 69.5 cm³/mol. The summed E-state index contributed by atoms with van der Waals surface area (Å²) in [4.78, 5) is 9.17. The van der Waals surface area contributed by atoms with Crippen LogP contribution in [0.3, 0.4) is 0 Å². The van der Waals surface area contributed by atoms with Crippen molar-refractivity contribution in [2.45, 2.75) is 33.1 Å². The first-order valence-corrected chi connectivity index (χ1v) is 5.91. The fraction of sp³-hybridized carbons (Fsp3) is 0.429. The first kappa shape index (κ1) is 11.1. The van der Waals surface area contributed by atoms with Gasteiger partial charge in [-0.1, -0.05) is 29.8 Å².